The van der Waals surface area contributed by atoms with Crippen molar-refractivity contribution in [3.05, 3.63) is 248 Å². The molecule has 310 valence electrons. The highest BCUT2D eigenvalue weighted by atomic mass is 15.1. The maximum atomic E-state index is 5.22. The van der Waals surface area contributed by atoms with E-state index >= 15 is 0 Å². The van der Waals surface area contributed by atoms with Crippen LogP contribution in [0, 0.1) is 13.8 Å². The largest absolute Gasteiger partial charge is 0.310 e. The van der Waals surface area contributed by atoms with Crippen molar-refractivity contribution in [2.45, 2.75) is 13.8 Å². The Morgan fingerprint density at radius 1 is 0.338 bits per heavy atom. The van der Waals surface area contributed by atoms with Crippen molar-refractivity contribution in [3.8, 4) is 39.6 Å². The Bertz CT molecular complexity index is 3150. The lowest BCUT2D eigenvalue weighted by molar-refractivity contribution is 1.13. The molecule has 0 bridgehead atoms. The predicted molar refractivity (Wildman–Crippen MR) is 272 cm³/mol. The van der Waals surface area contributed by atoms with Crippen LogP contribution in [0.15, 0.2) is 237 Å². The zero-order valence-electron chi connectivity index (χ0n) is 36.3. The molecule has 0 unspecified atom stereocenters. The fourth-order valence-corrected chi connectivity index (χ4v) is 9.12. The first-order valence-corrected chi connectivity index (χ1v) is 22.1. The monoisotopic (exact) mass is 835 g/mol. The fourth-order valence-electron chi connectivity index (χ4n) is 9.12. The summed E-state index contributed by atoms with van der Waals surface area (Å²) in [5.41, 5.74) is 17.1. The fraction of sp³-hybridized carbons (Fsp3) is 0.0333. The molecule has 0 aliphatic rings. The minimum atomic E-state index is 0.706. The maximum absolute atomic E-state index is 5.22. The molecular formula is C60H45N5. The molecule has 65 heavy (non-hydrogen) atoms. The van der Waals surface area contributed by atoms with Crippen LogP contribution in [0.2, 0.25) is 0 Å². The number of aromatic nitrogens is 3. The quantitative estimate of drug-likeness (QED) is 0.138. The molecule has 0 N–H and O–H groups in total. The highest BCUT2D eigenvalue weighted by Gasteiger charge is 2.22. The smallest absolute Gasteiger partial charge is 0.160 e. The standard InChI is InChI=1S/C60H45N5/c1-42-38-59(43(2)37-52(42)56-41-55(44-21-9-3-10-22-44)61-60(62-56)45-23-11-4-12-24-45)65-57-35-33-50(63(46-25-13-5-14-26-46)47-27-15-6-16-28-47)39-53(57)54-40-51(34-36-58(54)65)64(48-29-17-7-18-30-48)49-31-19-8-20-32-49/h3-41H,1-2H3. The van der Waals surface area contributed by atoms with Gasteiger partial charge in [-0.05, 0) is 128 Å². The number of aryl methyl sites for hydroxylation is 2. The average Bonchev–Trinajstić information content (AvgIpc) is 3.69. The topological polar surface area (TPSA) is 37.2 Å². The second-order valence-corrected chi connectivity index (χ2v) is 16.4. The van der Waals surface area contributed by atoms with Gasteiger partial charge in [0.1, 0.15) is 0 Å². The summed E-state index contributed by atoms with van der Waals surface area (Å²) in [6, 6.07) is 83.7. The van der Waals surface area contributed by atoms with E-state index in [0.717, 1.165) is 101 Å². The number of rotatable bonds is 10. The Kier molecular flexibility index (Phi) is 10.3. The van der Waals surface area contributed by atoms with E-state index in [2.05, 4.69) is 241 Å². The molecule has 0 radical (unpaired) electrons. The van der Waals surface area contributed by atoms with Gasteiger partial charge in [-0.15, -0.1) is 0 Å². The summed E-state index contributed by atoms with van der Waals surface area (Å²) in [5, 5.41) is 2.32. The first-order chi connectivity index (χ1) is 32.1. The summed E-state index contributed by atoms with van der Waals surface area (Å²) in [4.78, 5) is 15.0. The summed E-state index contributed by atoms with van der Waals surface area (Å²) < 4.78 is 2.44. The van der Waals surface area contributed by atoms with Gasteiger partial charge in [0.25, 0.3) is 0 Å². The van der Waals surface area contributed by atoms with Crippen molar-refractivity contribution in [2.75, 3.05) is 9.80 Å². The van der Waals surface area contributed by atoms with Gasteiger partial charge in [0.15, 0.2) is 5.82 Å². The first kappa shape index (κ1) is 39.3. The minimum Gasteiger partial charge on any atom is -0.310 e. The molecule has 5 heteroatoms. The van der Waals surface area contributed by atoms with Crippen LogP contribution in [0.5, 0.6) is 0 Å². The summed E-state index contributed by atoms with van der Waals surface area (Å²) in [6.45, 7) is 4.42. The molecule has 0 aliphatic heterocycles. The number of nitrogens with zero attached hydrogens (tertiary/aromatic N) is 5. The van der Waals surface area contributed by atoms with Gasteiger partial charge < -0.3 is 14.4 Å². The van der Waals surface area contributed by atoms with E-state index in [1.165, 1.54) is 0 Å². The normalized spacial score (nSPS) is 11.2. The van der Waals surface area contributed by atoms with Crippen LogP contribution in [0.1, 0.15) is 11.1 Å². The van der Waals surface area contributed by atoms with Crippen molar-refractivity contribution in [3.63, 3.8) is 0 Å². The Morgan fingerprint density at radius 3 is 1.18 bits per heavy atom. The molecular weight excluding hydrogens is 791 g/mol. The predicted octanol–water partition coefficient (Wildman–Crippen LogP) is 16.1. The van der Waals surface area contributed by atoms with E-state index in [9.17, 15) is 0 Å². The second-order valence-electron chi connectivity index (χ2n) is 16.4. The molecule has 0 spiro atoms. The van der Waals surface area contributed by atoms with Crippen LogP contribution >= 0.6 is 0 Å². The van der Waals surface area contributed by atoms with E-state index < -0.39 is 0 Å². The summed E-state index contributed by atoms with van der Waals surface area (Å²) >= 11 is 0. The maximum Gasteiger partial charge on any atom is 0.160 e. The molecule has 0 fully saturated rings. The van der Waals surface area contributed by atoms with Crippen LogP contribution in [0.25, 0.3) is 61.4 Å². The zero-order valence-corrected chi connectivity index (χ0v) is 36.3. The lowest BCUT2D eigenvalue weighted by Crippen LogP contribution is -2.09. The van der Waals surface area contributed by atoms with E-state index in [1.54, 1.807) is 0 Å². The van der Waals surface area contributed by atoms with Gasteiger partial charge in [0.2, 0.25) is 0 Å². The Balaban J connectivity index is 1.12. The molecule has 9 aromatic carbocycles. The van der Waals surface area contributed by atoms with Gasteiger partial charge in [-0.1, -0.05) is 133 Å². The third kappa shape index (κ3) is 7.49. The van der Waals surface area contributed by atoms with E-state index in [-0.39, 0.29) is 0 Å². The molecule has 2 heterocycles. The average molecular weight is 836 g/mol. The van der Waals surface area contributed by atoms with Crippen molar-refractivity contribution < 1.29 is 0 Å². The summed E-state index contributed by atoms with van der Waals surface area (Å²) in [7, 11) is 0. The van der Waals surface area contributed by atoms with Gasteiger partial charge >= 0.3 is 0 Å². The van der Waals surface area contributed by atoms with Crippen LogP contribution in [0.3, 0.4) is 0 Å². The molecule has 0 atom stereocenters. The van der Waals surface area contributed by atoms with Crippen molar-refractivity contribution in [2.24, 2.45) is 0 Å². The highest BCUT2D eigenvalue weighted by Crippen LogP contribution is 2.44. The van der Waals surface area contributed by atoms with Gasteiger partial charge in [-0.2, -0.15) is 0 Å². The lowest BCUT2D eigenvalue weighted by Gasteiger charge is -2.26. The first-order valence-electron chi connectivity index (χ1n) is 22.1. The van der Waals surface area contributed by atoms with Crippen molar-refractivity contribution in [1.82, 2.24) is 14.5 Å². The van der Waals surface area contributed by atoms with Crippen molar-refractivity contribution >= 4 is 55.9 Å². The van der Waals surface area contributed by atoms with Gasteiger partial charge in [0, 0.05) is 67.3 Å². The molecule has 11 rings (SSSR count). The van der Waals surface area contributed by atoms with Gasteiger partial charge in [-0.3, -0.25) is 0 Å². The molecule has 0 saturated carbocycles. The van der Waals surface area contributed by atoms with Crippen LogP contribution in [-0.4, -0.2) is 14.5 Å². The number of para-hydroxylation sites is 4. The SMILES string of the molecule is Cc1cc(-n2c3ccc(N(c4ccccc4)c4ccccc4)cc3c3cc(N(c4ccccc4)c4ccccc4)ccc32)c(C)cc1-c1cc(-c2ccccc2)nc(-c2ccccc2)n1. The number of benzene rings is 9. The third-order valence-corrected chi connectivity index (χ3v) is 12.2. The number of fused-ring (bicyclic) bond motifs is 3. The highest BCUT2D eigenvalue weighted by molar-refractivity contribution is 6.12. The van der Waals surface area contributed by atoms with Gasteiger partial charge in [-0.25, -0.2) is 9.97 Å². The molecule has 0 amide bonds. The van der Waals surface area contributed by atoms with E-state index in [4.69, 9.17) is 9.97 Å². The lowest BCUT2D eigenvalue weighted by atomic mass is 9.99. The number of hydrogen-bond donors (Lipinski definition) is 0. The van der Waals surface area contributed by atoms with Crippen molar-refractivity contribution in [1.29, 1.82) is 0 Å². The van der Waals surface area contributed by atoms with Gasteiger partial charge in [0.05, 0.1) is 22.4 Å². The Morgan fingerprint density at radius 2 is 0.738 bits per heavy atom. The summed E-state index contributed by atoms with van der Waals surface area (Å²) in [6.07, 6.45) is 0. The molecule has 5 nitrogen and oxygen atoms in total. The van der Waals surface area contributed by atoms with Crippen LogP contribution in [-0.2, 0) is 0 Å². The second kappa shape index (κ2) is 17.0. The van der Waals surface area contributed by atoms with Crippen LogP contribution in [0.4, 0.5) is 34.1 Å². The summed E-state index contributed by atoms with van der Waals surface area (Å²) in [5.74, 6) is 0.706. The molecule has 2 aromatic heterocycles. The number of anilines is 6. The third-order valence-electron chi connectivity index (χ3n) is 12.2. The minimum absolute atomic E-state index is 0.706. The molecule has 0 aliphatic carbocycles. The van der Waals surface area contributed by atoms with E-state index in [1.807, 2.05) is 24.3 Å². The Labute approximate surface area is 379 Å². The van der Waals surface area contributed by atoms with Crippen LogP contribution < -0.4 is 9.80 Å². The van der Waals surface area contributed by atoms with E-state index in [0.29, 0.717) is 5.82 Å². The number of hydrogen-bond acceptors (Lipinski definition) is 4. The molecule has 0 saturated heterocycles. The zero-order chi connectivity index (χ0) is 43.7. The Hall–Kier alpha value is -8.54. The molecule has 11 aromatic rings.